The Balaban J connectivity index is 2.30. The van der Waals surface area contributed by atoms with Gasteiger partial charge in [-0.1, -0.05) is 26.2 Å². The lowest BCUT2D eigenvalue weighted by molar-refractivity contribution is -0.120. The summed E-state index contributed by atoms with van der Waals surface area (Å²) >= 11 is 0. The number of hydrogen-bond donors (Lipinski definition) is 3. The maximum absolute atomic E-state index is 11.4. The molecule has 1 aliphatic rings. The number of carbonyl (C=O) groups is 1. The van der Waals surface area contributed by atoms with Gasteiger partial charge in [0, 0.05) is 12.1 Å². The molecule has 1 saturated carbocycles. The number of aliphatic hydroxyl groups is 1. The van der Waals surface area contributed by atoms with E-state index in [2.05, 4.69) is 10.6 Å². The van der Waals surface area contributed by atoms with Crippen molar-refractivity contribution in [3.63, 3.8) is 0 Å². The molecule has 4 heteroatoms. The second kappa shape index (κ2) is 6.86. The number of amides is 1. The van der Waals surface area contributed by atoms with Crippen molar-refractivity contribution in [2.75, 3.05) is 19.7 Å². The minimum absolute atomic E-state index is 0.0280. The monoisotopic (exact) mass is 228 g/mol. The van der Waals surface area contributed by atoms with E-state index in [1.165, 1.54) is 6.42 Å². The molecule has 0 atom stereocenters. The third-order valence-corrected chi connectivity index (χ3v) is 3.31. The molecule has 94 valence electrons. The van der Waals surface area contributed by atoms with Gasteiger partial charge in [0.2, 0.25) is 5.91 Å². The maximum atomic E-state index is 11.4. The molecule has 1 rings (SSSR count). The molecule has 0 spiro atoms. The summed E-state index contributed by atoms with van der Waals surface area (Å²) < 4.78 is 0. The van der Waals surface area contributed by atoms with Gasteiger partial charge in [-0.25, -0.2) is 0 Å². The van der Waals surface area contributed by atoms with Gasteiger partial charge in [0.25, 0.3) is 0 Å². The van der Waals surface area contributed by atoms with E-state index in [1.807, 2.05) is 6.92 Å². The lowest BCUT2D eigenvalue weighted by atomic mass is 9.82. The van der Waals surface area contributed by atoms with Crippen molar-refractivity contribution < 1.29 is 9.90 Å². The maximum Gasteiger partial charge on any atom is 0.233 e. The van der Waals surface area contributed by atoms with Crippen LogP contribution in [0, 0.1) is 0 Å². The predicted molar refractivity (Wildman–Crippen MR) is 64.2 cm³/mol. The summed E-state index contributed by atoms with van der Waals surface area (Å²) in [6, 6.07) is 0. The highest BCUT2D eigenvalue weighted by Crippen LogP contribution is 2.27. The minimum atomic E-state index is -0.207. The van der Waals surface area contributed by atoms with Crippen LogP contribution >= 0.6 is 0 Å². The van der Waals surface area contributed by atoms with Gasteiger partial charge in [-0.05, 0) is 19.3 Å². The molecule has 0 heterocycles. The summed E-state index contributed by atoms with van der Waals surface area (Å²) in [4.78, 5) is 11.4. The van der Waals surface area contributed by atoms with Crippen molar-refractivity contribution in [2.45, 2.75) is 51.0 Å². The van der Waals surface area contributed by atoms with Crippen LogP contribution in [0.1, 0.15) is 45.4 Å². The average Bonchev–Trinajstić information content (AvgIpc) is 2.35. The van der Waals surface area contributed by atoms with Gasteiger partial charge >= 0.3 is 0 Å². The number of rotatable bonds is 6. The smallest absolute Gasteiger partial charge is 0.233 e. The van der Waals surface area contributed by atoms with E-state index in [0.717, 1.165) is 38.6 Å². The van der Waals surface area contributed by atoms with E-state index in [0.29, 0.717) is 6.54 Å². The summed E-state index contributed by atoms with van der Waals surface area (Å²) in [6.07, 6.45) is 6.44. The van der Waals surface area contributed by atoms with Crippen molar-refractivity contribution in [3.05, 3.63) is 0 Å². The number of nitrogens with one attached hydrogen (secondary N) is 2. The highest BCUT2D eigenvalue weighted by molar-refractivity contribution is 5.78. The SMILES string of the molecule is CCCNC(=O)CNC1(CO)CCCCC1. The molecule has 0 radical (unpaired) electrons. The second-order valence-corrected chi connectivity index (χ2v) is 4.70. The van der Waals surface area contributed by atoms with Crippen LogP contribution in [0.4, 0.5) is 0 Å². The van der Waals surface area contributed by atoms with Crippen LogP contribution in [0.15, 0.2) is 0 Å². The third-order valence-electron chi connectivity index (χ3n) is 3.31. The Morgan fingerprint density at radius 2 is 2.00 bits per heavy atom. The Morgan fingerprint density at radius 1 is 1.31 bits per heavy atom. The van der Waals surface area contributed by atoms with Crippen molar-refractivity contribution in [1.82, 2.24) is 10.6 Å². The molecule has 0 aliphatic heterocycles. The summed E-state index contributed by atoms with van der Waals surface area (Å²) in [5.74, 6) is 0.0280. The van der Waals surface area contributed by atoms with Gasteiger partial charge in [0.1, 0.15) is 0 Å². The summed E-state index contributed by atoms with van der Waals surface area (Å²) in [5, 5.41) is 15.5. The van der Waals surface area contributed by atoms with Crippen LogP contribution in [0.25, 0.3) is 0 Å². The van der Waals surface area contributed by atoms with E-state index in [9.17, 15) is 9.90 Å². The molecule has 1 aliphatic carbocycles. The predicted octanol–water partition coefficient (Wildman–Crippen LogP) is 0.797. The first-order chi connectivity index (χ1) is 7.72. The molecular weight excluding hydrogens is 204 g/mol. The van der Waals surface area contributed by atoms with Gasteiger partial charge in [-0.15, -0.1) is 0 Å². The number of hydrogen-bond acceptors (Lipinski definition) is 3. The Bertz CT molecular complexity index is 213. The van der Waals surface area contributed by atoms with Gasteiger partial charge < -0.3 is 15.7 Å². The standard InChI is InChI=1S/C12H24N2O2/c1-2-8-13-11(16)9-14-12(10-15)6-4-3-5-7-12/h14-15H,2-10H2,1H3,(H,13,16). The van der Waals surface area contributed by atoms with Gasteiger partial charge in [0.05, 0.1) is 13.2 Å². The topological polar surface area (TPSA) is 61.4 Å². The quantitative estimate of drug-likeness (QED) is 0.630. The molecule has 4 nitrogen and oxygen atoms in total. The van der Waals surface area contributed by atoms with E-state index in [4.69, 9.17) is 0 Å². The van der Waals surface area contributed by atoms with Crippen LogP contribution in [-0.2, 0) is 4.79 Å². The van der Waals surface area contributed by atoms with Crippen molar-refractivity contribution >= 4 is 5.91 Å². The second-order valence-electron chi connectivity index (χ2n) is 4.70. The fourth-order valence-corrected chi connectivity index (χ4v) is 2.21. The van der Waals surface area contributed by atoms with Gasteiger partial charge in [0.15, 0.2) is 0 Å². The average molecular weight is 228 g/mol. The summed E-state index contributed by atoms with van der Waals surface area (Å²) in [6.45, 7) is 3.21. The van der Waals surface area contributed by atoms with Crippen LogP contribution in [-0.4, -0.2) is 36.2 Å². The Kier molecular flexibility index (Phi) is 5.77. The molecule has 1 fully saturated rings. The fourth-order valence-electron chi connectivity index (χ4n) is 2.21. The van der Waals surface area contributed by atoms with Crippen LogP contribution in [0.5, 0.6) is 0 Å². The molecule has 1 amide bonds. The molecular formula is C12H24N2O2. The normalized spacial score (nSPS) is 19.4. The molecule has 0 bridgehead atoms. The Morgan fingerprint density at radius 3 is 2.56 bits per heavy atom. The van der Waals surface area contributed by atoms with Crippen LogP contribution in [0.3, 0.4) is 0 Å². The Hall–Kier alpha value is -0.610. The molecule has 0 aromatic rings. The van der Waals surface area contributed by atoms with Crippen molar-refractivity contribution in [3.8, 4) is 0 Å². The van der Waals surface area contributed by atoms with E-state index < -0.39 is 0 Å². The lowest BCUT2D eigenvalue weighted by Gasteiger charge is -2.36. The third kappa shape index (κ3) is 4.10. The first-order valence-electron chi connectivity index (χ1n) is 6.35. The van der Waals surface area contributed by atoms with E-state index >= 15 is 0 Å². The first-order valence-corrected chi connectivity index (χ1v) is 6.35. The Labute approximate surface area is 97.8 Å². The highest BCUT2D eigenvalue weighted by Gasteiger charge is 2.30. The zero-order valence-corrected chi connectivity index (χ0v) is 10.2. The highest BCUT2D eigenvalue weighted by atomic mass is 16.3. The largest absolute Gasteiger partial charge is 0.394 e. The summed E-state index contributed by atoms with van der Waals surface area (Å²) in [5.41, 5.74) is -0.207. The minimum Gasteiger partial charge on any atom is -0.394 e. The fraction of sp³-hybridized carbons (Fsp3) is 0.917. The van der Waals surface area contributed by atoms with E-state index in [-0.39, 0.29) is 18.1 Å². The zero-order valence-electron chi connectivity index (χ0n) is 10.2. The summed E-state index contributed by atoms with van der Waals surface area (Å²) in [7, 11) is 0. The molecule has 16 heavy (non-hydrogen) atoms. The van der Waals surface area contributed by atoms with Crippen molar-refractivity contribution in [1.29, 1.82) is 0 Å². The van der Waals surface area contributed by atoms with Crippen LogP contribution in [0.2, 0.25) is 0 Å². The first kappa shape index (κ1) is 13.5. The molecule has 0 aromatic carbocycles. The van der Waals surface area contributed by atoms with Crippen LogP contribution < -0.4 is 10.6 Å². The van der Waals surface area contributed by atoms with Gasteiger partial charge in [-0.3, -0.25) is 4.79 Å². The number of carbonyl (C=O) groups excluding carboxylic acids is 1. The molecule has 0 unspecified atom stereocenters. The number of aliphatic hydroxyl groups excluding tert-OH is 1. The van der Waals surface area contributed by atoms with Gasteiger partial charge in [-0.2, -0.15) is 0 Å². The molecule has 3 N–H and O–H groups in total. The lowest BCUT2D eigenvalue weighted by Crippen LogP contribution is -2.53. The molecule has 0 aromatic heterocycles. The molecule has 0 saturated heterocycles. The zero-order chi connectivity index (χ0) is 11.9. The van der Waals surface area contributed by atoms with E-state index in [1.54, 1.807) is 0 Å². The van der Waals surface area contributed by atoms with Crippen molar-refractivity contribution in [2.24, 2.45) is 0 Å².